The number of hydrogen-bond acceptors (Lipinski definition) is 4. The Morgan fingerprint density at radius 1 is 1.03 bits per heavy atom. The number of benzene rings is 2. The van der Waals surface area contributed by atoms with E-state index in [0.29, 0.717) is 17.8 Å². The molecule has 0 aromatic heterocycles. The molecule has 2 aromatic carbocycles. The minimum absolute atomic E-state index is 0.0701. The van der Waals surface area contributed by atoms with Gasteiger partial charge in [0.15, 0.2) is 0 Å². The number of nitrogens with two attached hydrogens (primary N) is 2. The minimum Gasteiger partial charge on any atom is -0.399 e. The first kappa shape index (κ1) is 20.1. The van der Waals surface area contributed by atoms with Gasteiger partial charge in [-0.25, -0.2) is 9.18 Å². The SMILES string of the molecule is NC(=O)Nc1cccc(C(=O)N[C@@H]2CC[C@H]2CNC(=O)c2cc(N)cc(F)c2)c1. The van der Waals surface area contributed by atoms with E-state index in [9.17, 15) is 18.8 Å². The highest BCUT2D eigenvalue weighted by Crippen LogP contribution is 2.27. The van der Waals surface area contributed by atoms with Crippen LogP contribution in [-0.2, 0) is 0 Å². The van der Waals surface area contributed by atoms with Gasteiger partial charge in [-0.3, -0.25) is 9.59 Å². The molecule has 0 saturated heterocycles. The van der Waals surface area contributed by atoms with Gasteiger partial charge in [-0.2, -0.15) is 0 Å². The first-order valence-corrected chi connectivity index (χ1v) is 9.13. The lowest BCUT2D eigenvalue weighted by atomic mass is 9.79. The van der Waals surface area contributed by atoms with E-state index in [-0.39, 0.29) is 29.1 Å². The zero-order valence-corrected chi connectivity index (χ0v) is 15.6. The topological polar surface area (TPSA) is 139 Å². The predicted molar refractivity (Wildman–Crippen MR) is 107 cm³/mol. The van der Waals surface area contributed by atoms with Gasteiger partial charge in [0.1, 0.15) is 5.82 Å². The lowest BCUT2D eigenvalue weighted by Crippen LogP contribution is -2.50. The van der Waals surface area contributed by atoms with Crippen LogP contribution in [-0.4, -0.2) is 30.4 Å². The van der Waals surface area contributed by atoms with E-state index >= 15 is 0 Å². The maximum atomic E-state index is 13.4. The summed E-state index contributed by atoms with van der Waals surface area (Å²) in [6, 6.07) is 9.30. The maximum absolute atomic E-state index is 13.4. The van der Waals surface area contributed by atoms with Crippen molar-refractivity contribution in [3.05, 3.63) is 59.4 Å². The van der Waals surface area contributed by atoms with Crippen LogP contribution in [0.5, 0.6) is 0 Å². The van der Waals surface area contributed by atoms with Crippen LogP contribution < -0.4 is 27.4 Å². The van der Waals surface area contributed by atoms with Crippen molar-refractivity contribution in [1.82, 2.24) is 10.6 Å². The fourth-order valence-electron chi connectivity index (χ4n) is 3.20. The molecule has 9 heteroatoms. The van der Waals surface area contributed by atoms with Crippen LogP contribution in [0.3, 0.4) is 0 Å². The second-order valence-electron chi connectivity index (χ2n) is 6.97. The van der Waals surface area contributed by atoms with E-state index in [0.717, 1.165) is 25.0 Å². The summed E-state index contributed by atoms with van der Waals surface area (Å²) in [5.74, 6) is -1.20. The van der Waals surface area contributed by atoms with Gasteiger partial charge in [0.2, 0.25) is 0 Å². The third kappa shape index (κ3) is 5.22. The summed E-state index contributed by atoms with van der Waals surface area (Å²) in [4.78, 5) is 35.6. The molecule has 2 aromatic rings. The number of urea groups is 1. The molecular formula is C20H22FN5O3. The largest absolute Gasteiger partial charge is 0.399 e. The molecule has 1 aliphatic carbocycles. The van der Waals surface area contributed by atoms with Crippen LogP contribution in [0.25, 0.3) is 0 Å². The van der Waals surface area contributed by atoms with E-state index < -0.39 is 17.8 Å². The predicted octanol–water partition coefficient (Wildman–Crippen LogP) is 1.84. The number of rotatable bonds is 6. The van der Waals surface area contributed by atoms with Crippen LogP contribution in [0.2, 0.25) is 0 Å². The molecule has 0 bridgehead atoms. The van der Waals surface area contributed by atoms with Gasteiger partial charge >= 0.3 is 6.03 Å². The third-order valence-corrected chi connectivity index (χ3v) is 4.83. The van der Waals surface area contributed by atoms with E-state index in [2.05, 4.69) is 16.0 Å². The van der Waals surface area contributed by atoms with Gasteiger partial charge in [-0.1, -0.05) is 6.07 Å². The second kappa shape index (κ2) is 8.59. The molecule has 0 heterocycles. The molecule has 0 aliphatic heterocycles. The first-order chi connectivity index (χ1) is 13.8. The van der Waals surface area contributed by atoms with Crippen molar-refractivity contribution < 1.29 is 18.8 Å². The van der Waals surface area contributed by atoms with Crippen molar-refractivity contribution in [1.29, 1.82) is 0 Å². The Kier molecular flexibility index (Phi) is 5.96. The third-order valence-electron chi connectivity index (χ3n) is 4.83. The normalized spacial score (nSPS) is 17.7. The Balaban J connectivity index is 1.53. The molecule has 2 atom stereocenters. The molecular weight excluding hydrogens is 377 g/mol. The Morgan fingerprint density at radius 3 is 2.48 bits per heavy atom. The number of halogens is 1. The summed E-state index contributed by atoms with van der Waals surface area (Å²) in [5, 5.41) is 8.11. The zero-order chi connectivity index (χ0) is 21.0. The number of nitrogen functional groups attached to an aromatic ring is 1. The summed E-state index contributed by atoms with van der Waals surface area (Å²) in [7, 11) is 0. The Morgan fingerprint density at radius 2 is 1.83 bits per heavy atom. The molecule has 0 unspecified atom stereocenters. The number of amides is 4. The summed E-state index contributed by atoms with van der Waals surface area (Å²) in [5.41, 5.74) is 11.8. The van der Waals surface area contributed by atoms with Crippen molar-refractivity contribution in [3.63, 3.8) is 0 Å². The summed E-state index contributed by atoms with van der Waals surface area (Å²) >= 11 is 0. The number of anilines is 2. The van der Waals surface area contributed by atoms with Crippen LogP contribution in [0.4, 0.5) is 20.6 Å². The number of nitrogens with one attached hydrogen (secondary N) is 3. The first-order valence-electron chi connectivity index (χ1n) is 9.13. The number of carbonyl (C=O) groups excluding carboxylic acids is 3. The molecule has 1 fully saturated rings. The second-order valence-corrected chi connectivity index (χ2v) is 6.97. The van der Waals surface area contributed by atoms with E-state index in [1.165, 1.54) is 12.1 Å². The minimum atomic E-state index is -0.711. The molecule has 152 valence electrons. The van der Waals surface area contributed by atoms with E-state index in [4.69, 9.17) is 11.5 Å². The molecule has 0 spiro atoms. The highest BCUT2D eigenvalue weighted by molar-refractivity contribution is 5.97. The van der Waals surface area contributed by atoms with Crippen molar-refractivity contribution >= 4 is 29.2 Å². The van der Waals surface area contributed by atoms with Crippen molar-refractivity contribution in [2.45, 2.75) is 18.9 Å². The Labute approximate surface area is 166 Å². The van der Waals surface area contributed by atoms with Gasteiger partial charge in [-0.15, -0.1) is 0 Å². The molecule has 7 N–H and O–H groups in total. The Bertz CT molecular complexity index is 929. The number of carbonyl (C=O) groups is 3. The number of primary amides is 1. The van der Waals surface area contributed by atoms with Gasteiger partial charge in [0.05, 0.1) is 0 Å². The van der Waals surface area contributed by atoms with E-state index in [1.54, 1.807) is 18.2 Å². The van der Waals surface area contributed by atoms with Crippen molar-refractivity contribution in [2.24, 2.45) is 11.7 Å². The molecule has 3 rings (SSSR count). The Hall–Kier alpha value is -3.62. The van der Waals surface area contributed by atoms with Gasteiger partial charge in [-0.05, 0) is 55.2 Å². The zero-order valence-electron chi connectivity index (χ0n) is 15.6. The average molecular weight is 399 g/mol. The van der Waals surface area contributed by atoms with Crippen LogP contribution in [0.15, 0.2) is 42.5 Å². The number of hydrogen-bond donors (Lipinski definition) is 5. The van der Waals surface area contributed by atoms with Crippen molar-refractivity contribution in [2.75, 3.05) is 17.6 Å². The fourth-order valence-corrected chi connectivity index (χ4v) is 3.20. The quantitative estimate of drug-likeness (QED) is 0.473. The molecule has 1 saturated carbocycles. The average Bonchev–Trinajstić information content (AvgIpc) is 2.64. The van der Waals surface area contributed by atoms with Crippen LogP contribution >= 0.6 is 0 Å². The molecule has 29 heavy (non-hydrogen) atoms. The highest BCUT2D eigenvalue weighted by Gasteiger charge is 2.32. The molecule has 0 radical (unpaired) electrons. The monoisotopic (exact) mass is 399 g/mol. The standard InChI is InChI=1S/C20H22FN5O3/c21-14-6-13(7-15(22)9-14)18(27)24-10-12-4-5-17(12)26-19(28)11-2-1-3-16(8-11)25-20(23)29/h1-3,6-9,12,17H,4-5,10,22H2,(H,24,27)(H,26,28)(H3,23,25,29)/t12-,17+/m0/s1. The highest BCUT2D eigenvalue weighted by atomic mass is 19.1. The van der Waals surface area contributed by atoms with Crippen LogP contribution in [0, 0.1) is 11.7 Å². The van der Waals surface area contributed by atoms with Crippen LogP contribution in [0.1, 0.15) is 33.6 Å². The van der Waals surface area contributed by atoms with Crippen molar-refractivity contribution in [3.8, 4) is 0 Å². The summed E-state index contributed by atoms with van der Waals surface area (Å²) in [6.07, 6.45) is 1.64. The van der Waals surface area contributed by atoms with Gasteiger partial charge < -0.3 is 27.4 Å². The summed E-state index contributed by atoms with van der Waals surface area (Å²) < 4.78 is 13.4. The van der Waals surface area contributed by atoms with Gasteiger partial charge in [0.25, 0.3) is 11.8 Å². The lowest BCUT2D eigenvalue weighted by molar-refractivity contribution is 0.0858. The molecule has 8 nitrogen and oxygen atoms in total. The molecule has 4 amide bonds. The smallest absolute Gasteiger partial charge is 0.316 e. The van der Waals surface area contributed by atoms with Gasteiger partial charge in [0, 0.05) is 35.1 Å². The van der Waals surface area contributed by atoms with E-state index in [1.807, 2.05) is 0 Å². The molecule has 1 aliphatic rings. The lowest BCUT2D eigenvalue weighted by Gasteiger charge is -2.37. The summed E-state index contributed by atoms with van der Waals surface area (Å²) in [6.45, 7) is 0.351. The maximum Gasteiger partial charge on any atom is 0.316 e. The fraction of sp³-hybridized carbons (Fsp3) is 0.250.